The van der Waals surface area contributed by atoms with E-state index in [0.717, 1.165) is 5.56 Å². The van der Waals surface area contributed by atoms with E-state index < -0.39 is 10.0 Å². The van der Waals surface area contributed by atoms with E-state index in [1.54, 1.807) is 25.2 Å². The number of hydrogen-bond donors (Lipinski definition) is 1. The largest absolute Gasteiger partial charge is 0.396 e. The molecular weight excluding hydrogens is 286 g/mol. The van der Waals surface area contributed by atoms with Crippen LogP contribution >= 0.6 is 11.6 Å². The van der Waals surface area contributed by atoms with Crippen molar-refractivity contribution in [2.45, 2.75) is 25.8 Å². The third kappa shape index (κ3) is 4.76. The van der Waals surface area contributed by atoms with Crippen LogP contribution in [0.3, 0.4) is 0 Å². The first-order valence-electron chi connectivity index (χ1n) is 6.20. The van der Waals surface area contributed by atoms with E-state index in [1.165, 1.54) is 4.31 Å². The van der Waals surface area contributed by atoms with E-state index in [0.29, 0.717) is 17.9 Å². The smallest absolute Gasteiger partial charge is 0.214 e. The molecule has 108 valence electrons. The fourth-order valence-corrected chi connectivity index (χ4v) is 3.42. The van der Waals surface area contributed by atoms with Crippen molar-refractivity contribution in [1.29, 1.82) is 0 Å². The Kier molecular flexibility index (Phi) is 6.26. The number of hydrogen-bond acceptors (Lipinski definition) is 3. The normalized spacial score (nSPS) is 13.7. The van der Waals surface area contributed by atoms with Crippen molar-refractivity contribution in [3.8, 4) is 0 Å². The Labute approximate surface area is 120 Å². The molecule has 1 aromatic carbocycles. The van der Waals surface area contributed by atoms with E-state index in [4.69, 9.17) is 16.7 Å². The van der Waals surface area contributed by atoms with Gasteiger partial charge in [0.25, 0.3) is 0 Å². The number of unbranched alkanes of at least 4 members (excludes halogenated alkanes) is 1. The van der Waals surface area contributed by atoms with Gasteiger partial charge in [-0.1, -0.05) is 23.7 Å². The van der Waals surface area contributed by atoms with Crippen LogP contribution in [0.5, 0.6) is 0 Å². The predicted octanol–water partition coefficient (Wildman–Crippen LogP) is 2.44. The van der Waals surface area contributed by atoms with Crippen molar-refractivity contribution in [3.63, 3.8) is 0 Å². The van der Waals surface area contributed by atoms with Gasteiger partial charge in [0.15, 0.2) is 0 Å². The fourth-order valence-electron chi connectivity index (χ4n) is 1.76. The molecule has 19 heavy (non-hydrogen) atoms. The predicted molar refractivity (Wildman–Crippen MR) is 77.7 cm³/mol. The van der Waals surface area contributed by atoms with E-state index in [2.05, 4.69) is 0 Å². The van der Waals surface area contributed by atoms with Crippen LogP contribution in [-0.2, 0) is 10.0 Å². The van der Waals surface area contributed by atoms with E-state index in [9.17, 15) is 8.42 Å². The number of rotatable bonds is 7. The Hall–Kier alpha value is -0.620. The van der Waals surface area contributed by atoms with Crippen molar-refractivity contribution < 1.29 is 13.5 Å². The highest BCUT2D eigenvalue weighted by Gasteiger charge is 2.23. The zero-order valence-corrected chi connectivity index (χ0v) is 12.8. The zero-order valence-electron chi connectivity index (χ0n) is 11.2. The number of benzene rings is 1. The van der Waals surface area contributed by atoms with Gasteiger partial charge < -0.3 is 5.11 Å². The molecule has 0 amide bonds. The fraction of sp³-hybridized carbons (Fsp3) is 0.538. The first kappa shape index (κ1) is 16.4. The highest BCUT2D eigenvalue weighted by atomic mass is 35.5. The lowest BCUT2D eigenvalue weighted by atomic mass is 10.1. The van der Waals surface area contributed by atoms with Crippen LogP contribution in [0.1, 0.15) is 31.4 Å². The number of sulfonamides is 1. The maximum Gasteiger partial charge on any atom is 0.214 e. The summed E-state index contributed by atoms with van der Waals surface area (Å²) in [7, 11) is -1.74. The van der Waals surface area contributed by atoms with Gasteiger partial charge in [-0.2, -0.15) is 4.31 Å². The molecule has 6 heteroatoms. The van der Waals surface area contributed by atoms with E-state index in [-0.39, 0.29) is 18.4 Å². The first-order chi connectivity index (χ1) is 8.88. The molecule has 0 aliphatic heterocycles. The molecule has 1 atom stereocenters. The third-order valence-corrected chi connectivity index (χ3v) is 5.36. The minimum Gasteiger partial charge on any atom is -0.396 e. The Morgan fingerprint density at radius 1 is 1.37 bits per heavy atom. The number of nitrogens with zero attached hydrogens (tertiary/aromatic N) is 1. The Balaban J connectivity index is 2.78. The van der Waals surface area contributed by atoms with Crippen molar-refractivity contribution in [3.05, 3.63) is 34.9 Å². The quantitative estimate of drug-likeness (QED) is 0.787. The molecule has 4 nitrogen and oxygen atoms in total. The lowest BCUT2D eigenvalue weighted by Crippen LogP contribution is -2.31. The standard InChI is InChI=1S/C13H20ClNO3S/c1-11(12-6-5-7-13(14)10-12)15(2)19(17,18)9-4-3-8-16/h5-7,10-11,16H,3-4,8-9H2,1-2H3. The Morgan fingerprint density at radius 3 is 2.63 bits per heavy atom. The number of halogens is 1. The number of aliphatic hydroxyl groups excluding tert-OH is 1. The van der Waals surface area contributed by atoms with Crippen LogP contribution in [0.15, 0.2) is 24.3 Å². The molecule has 0 aromatic heterocycles. The molecule has 0 saturated carbocycles. The van der Waals surface area contributed by atoms with E-state index >= 15 is 0 Å². The molecule has 0 radical (unpaired) electrons. The minimum atomic E-state index is -3.31. The lowest BCUT2D eigenvalue weighted by Gasteiger charge is -2.24. The van der Waals surface area contributed by atoms with Gasteiger partial charge in [-0.25, -0.2) is 8.42 Å². The topological polar surface area (TPSA) is 57.6 Å². The molecule has 1 aromatic rings. The number of aliphatic hydroxyl groups is 1. The van der Waals surface area contributed by atoms with Gasteiger partial charge in [0.05, 0.1) is 5.75 Å². The van der Waals surface area contributed by atoms with Crippen molar-refractivity contribution in [2.24, 2.45) is 0 Å². The molecule has 1 N–H and O–H groups in total. The van der Waals surface area contributed by atoms with Gasteiger partial charge in [0.1, 0.15) is 0 Å². The molecular formula is C13H20ClNO3S. The van der Waals surface area contributed by atoms with E-state index in [1.807, 2.05) is 13.0 Å². The van der Waals surface area contributed by atoms with Crippen LogP contribution in [-0.4, -0.2) is 37.2 Å². The maximum atomic E-state index is 12.1. The summed E-state index contributed by atoms with van der Waals surface area (Å²) in [4.78, 5) is 0. The molecule has 0 heterocycles. The summed E-state index contributed by atoms with van der Waals surface area (Å²) in [5.41, 5.74) is 0.862. The maximum absolute atomic E-state index is 12.1. The molecule has 1 unspecified atom stereocenters. The third-order valence-electron chi connectivity index (χ3n) is 3.13. The average molecular weight is 306 g/mol. The summed E-state index contributed by atoms with van der Waals surface area (Å²) in [6, 6.07) is 6.92. The van der Waals surface area contributed by atoms with Crippen LogP contribution < -0.4 is 0 Å². The van der Waals surface area contributed by atoms with Gasteiger partial charge >= 0.3 is 0 Å². The summed E-state index contributed by atoms with van der Waals surface area (Å²) < 4.78 is 25.6. The molecule has 0 spiro atoms. The molecule has 0 aliphatic rings. The summed E-state index contributed by atoms with van der Waals surface area (Å²) in [5, 5.41) is 9.29. The van der Waals surface area contributed by atoms with Crippen molar-refractivity contribution in [2.75, 3.05) is 19.4 Å². The SMILES string of the molecule is CC(c1cccc(Cl)c1)N(C)S(=O)(=O)CCCCO. The molecule has 0 saturated heterocycles. The monoisotopic (exact) mass is 305 g/mol. The molecule has 1 rings (SSSR count). The highest BCUT2D eigenvalue weighted by molar-refractivity contribution is 7.89. The molecule has 0 bridgehead atoms. The molecule has 0 aliphatic carbocycles. The van der Waals surface area contributed by atoms with Crippen LogP contribution in [0.4, 0.5) is 0 Å². The lowest BCUT2D eigenvalue weighted by molar-refractivity contribution is 0.286. The summed E-state index contributed by atoms with van der Waals surface area (Å²) in [6.07, 6.45) is 0.962. The Bertz CT molecular complexity index is 504. The minimum absolute atomic E-state index is 0.0169. The van der Waals surface area contributed by atoms with Gasteiger partial charge in [-0.05, 0) is 37.5 Å². The van der Waals surface area contributed by atoms with Crippen molar-refractivity contribution in [1.82, 2.24) is 4.31 Å². The second-order valence-electron chi connectivity index (χ2n) is 4.49. The van der Waals surface area contributed by atoms with Crippen molar-refractivity contribution >= 4 is 21.6 Å². The first-order valence-corrected chi connectivity index (χ1v) is 8.19. The van der Waals surface area contributed by atoms with Gasteiger partial charge in [-0.3, -0.25) is 0 Å². The van der Waals surface area contributed by atoms with Gasteiger partial charge in [0.2, 0.25) is 10.0 Å². The van der Waals surface area contributed by atoms with Crippen LogP contribution in [0, 0.1) is 0 Å². The Morgan fingerprint density at radius 2 is 2.05 bits per heavy atom. The summed E-state index contributed by atoms with van der Waals surface area (Å²) in [5.74, 6) is 0.0506. The highest BCUT2D eigenvalue weighted by Crippen LogP contribution is 2.24. The van der Waals surface area contributed by atoms with Crippen LogP contribution in [0.25, 0.3) is 0 Å². The zero-order chi connectivity index (χ0) is 14.5. The second-order valence-corrected chi connectivity index (χ2v) is 7.08. The molecule has 0 fully saturated rings. The summed E-state index contributed by atoms with van der Waals surface area (Å²) in [6.45, 7) is 1.85. The van der Waals surface area contributed by atoms with Gasteiger partial charge in [-0.15, -0.1) is 0 Å². The van der Waals surface area contributed by atoms with Crippen LogP contribution in [0.2, 0.25) is 5.02 Å². The summed E-state index contributed by atoms with van der Waals surface area (Å²) >= 11 is 5.91. The average Bonchev–Trinajstić information content (AvgIpc) is 2.37. The second kappa shape index (κ2) is 7.24. The van der Waals surface area contributed by atoms with Gasteiger partial charge in [0, 0.05) is 24.7 Å².